The van der Waals surface area contributed by atoms with Crippen LogP contribution in [-0.2, 0) is 22.3 Å². The summed E-state index contributed by atoms with van der Waals surface area (Å²) >= 11 is 0. The third-order valence-corrected chi connectivity index (χ3v) is 9.75. The first kappa shape index (κ1) is 30.4. The van der Waals surface area contributed by atoms with Gasteiger partial charge in [0.15, 0.2) is 6.73 Å². The molecule has 3 aliphatic rings. The SMILES string of the molecule is CCOC(=O)c1cccc([C@@H]2CCN([C@@H]3CC[C@@](C(=O)N4COc5ccc(C(F)(F)F)cc5C4)(C(C)C)C3)C[C@@H]2C)c1. The summed E-state index contributed by atoms with van der Waals surface area (Å²) in [6, 6.07) is 11.5. The number of alkyl halides is 3. The zero-order valence-electron chi connectivity index (χ0n) is 24.9. The topological polar surface area (TPSA) is 59.1 Å². The van der Waals surface area contributed by atoms with E-state index in [-0.39, 0.29) is 37.1 Å². The van der Waals surface area contributed by atoms with Crippen molar-refractivity contribution in [3.05, 3.63) is 64.7 Å². The number of ether oxygens (including phenoxy) is 2. The molecule has 9 heteroatoms. The van der Waals surface area contributed by atoms with Gasteiger partial charge in [-0.05, 0) is 92.8 Å². The predicted octanol–water partition coefficient (Wildman–Crippen LogP) is 6.88. The molecule has 0 N–H and O–H groups in total. The van der Waals surface area contributed by atoms with Gasteiger partial charge in [-0.15, -0.1) is 0 Å². The summed E-state index contributed by atoms with van der Waals surface area (Å²) < 4.78 is 50.9. The van der Waals surface area contributed by atoms with Gasteiger partial charge < -0.3 is 19.3 Å². The number of amides is 1. The third-order valence-electron chi connectivity index (χ3n) is 9.75. The molecule has 0 aromatic heterocycles. The fourth-order valence-corrected chi connectivity index (χ4v) is 7.31. The maximum absolute atomic E-state index is 14.1. The normalized spacial score (nSPS) is 26.6. The van der Waals surface area contributed by atoms with E-state index in [1.807, 2.05) is 12.1 Å². The van der Waals surface area contributed by atoms with Crippen molar-refractivity contribution in [1.29, 1.82) is 0 Å². The van der Waals surface area contributed by atoms with E-state index in [4.69, 9.17) is 9.47 Å². The first-order valence-electron chi connectivity index (χ1n) is 15.1. The highest BCUT2D eigenvalue weighted by atomic mass is 19.4. The van der Waals surface area contributed by atoms with Crippen molar-refractivity contribution in [1.82, 2.24) is 9.80 Å². The summed E-state index contributed by atoms with van der Waals surface area (Å²) in [5.41, 5.74) is 0.815. The van der Waals surface area contributed by atoms with Gasteiger partial charge in [0.2, 0.25) is 5.91 Å². The van der Waals surface area contributed by atoms with E-state index in [1.165, 1.54) is 6.07 Å². The maximum atomic E-state index is 14.1. The van der Waals surface area contributed by atoms with Crippen LogP contribution in [0.5, 0.6) is 5.75 Å². The van der Waals surface area contributed by atoms with Crippen molar-refractivity contribution in [3.63, 3.8) is 0 Å². The summed E-state index contributed by atoms with van der Waals surface area (Å²) in [5.74, 6) is 0.866. The first-order valence-corrected chi connectivity index (χ1v) is 15.1. The van der Waals surface area contributed by atoms with E-state index in [1.54, 1.807) is 17.9 Å². The van der Waals surface area contributed by atoms with Crippen LogP contribution in [0.4, 0.5) is 13.2 Å². The Labute approximate surface area is 246 Å². The molecule has 4 atom stereocenters. The van der Waals surface area contributed by atoms with Gasteiger partial charge in [-0.2, -0.15) is 13.2 Å². The average Bonchev–Trinajstić information content (AvgIpc) is 3.43. The minimum Gasteiger partial charge on any atom is -0.473 e. The Kier molecular flexibility index (Phi) is 8.61. The Bertz CT molecular complexity index is 1310. The van der Waals surface area contributed by atoms with Crippen LogP contribution in [0.25, 0.3) is 0 Å². The van der Waals surface area contributed by atoms with Gasteiger partial charge in [-0.1, -0.05) is 32.9 Å². The van der Waals surface area contributed by atoms with Crippen LogP contribution in [0.2, 0.25) is 0 Å². The summed E-state index contributed by atoms with van der Waals surface area (Å²) in [4.78, 5) is 30.5. The zero-order chi connectivity index (χ0) is 30.2. The summed E-state index contributed by atoms with van der Waals surface area (Å²) in [7, 11) is 0. The lowest BCUT2D eigenvalue weighted by atomic mass is 9.74. The van der Waals surface area contributed by atoms with Crippen molar-refractivity contribution in [2.45, 2.75) is 78.1 Å². The van der Waals surface area contributed by atoms with Crippen molar-refractivity contribution >= 4 is 11.9 Å². The number of hydrogen-bond donors (Lipinski definition) is 0. The number of rotatable bonds is 6. The molecule has 0 radical (unpaired) electrons. The third kappa shape index (κ3) is 5.90. The molecule has 42 heavy (non-hydrogen) atoms. The molecule has 1 saturated carbocycles. The highest BCUT2D eigenvalue weighted by Crippen LogP contribution is 2.49. The smallest absolute Gasteiger partial charge is 0.416 e. The summed E-state index contributed by atoms with van der Waals surface area (Å²) in [6.45, 7) is 10.5. The number of nitrogens with zero attached hydrogens (tertiary/aromatic N) is 2. The van der Waals surface area contributed by atoms with Crippen LogP contribution in [0.3, 0.4) is 0 Å². The maximum Gasteiger partial charge on any atom is 0.416 e. The van der Waals surface area contributed by atoms with Gasteiger partial charge in [0.1, 0.15) is 5.75 Å². The molecule has 2 heterocycles. The monoisotopic (exact) mass is 586 g/mol. The Morgan fingerprint density at radius 3 is 2.62 bits per heavy atom. The lowest BCUT2D eigenvalue weighted by Crippen LogP contribution is -2.49. The van der Waals surface area contributed by atoms with E-state index >= 15 is 0 Å². The first-order chi connectivity index (χ1) is 19.9. The van der Waals surface area contributed by atoms with Gasteiger partial charge in [0.25, 0.3) is 0 Å². The summed E-state index contributed by atoms with van der Waals surface area (Å²) in [6.07, 6.45) is -1.11. The molecular weight excluding hydrogens is 545 g/mol. The van der Waals surface area contributed by atoms with Crippen LogP contribution < -0.4 is 4.74 Å². The van der Waals surface area contributed by atoms with Crippen molar-refractivity contribution in [2.24, 2.45) is 17.3 Å². The number of esters is 1. The van der Waals surface area contributed by atoms with E-state index < -0.39 is 17.2 Å². The van der Waals surface area contributed by atoms with Crippen molar-refractivity contribution < 1.29 is 32.2 Å². The predicted molar refractivity (Wildman–Crippen MR) is 153 cm³/mol. The Morgan fingerprint density at radius 1 is 1.14 bits per heavy atom. The molecule has 0 bridgehead atoms. The van der Waals surface area contributed by atoms with Crippen LogP contribution in [0, 0.1) is 17.3 Å². The van der Waals surface area contributed by atoms with Crippen LogP contribution in [-0.4, -0.2) is 54.1 Å². The molecule has 1 amide bonds. The van der Waals surface area contributed by atoms with Gasteiger partial charge in [-0.25, -0.2) is 4.79 Å². The highest BCUT2D eigenvalue weighted by molar-refractivity contribution is 5.89. The van der Waals surface area contributed by atoms with Crippen LogP contribution in [0.1, 0.15) is 86.3 Å². The number of halogens is 3. The standard InChI is InChI=1S/C33H41F3N2O4/c1-5-41-30(39)24-8-6-7-23(15-24)28-12-14-37(18-22(28)4)27-11-13-32(17-27,21(2)3)31(40)38-19-25-16-26(33(34,35)36)9-10-29(25)42-20-38/h6-10,15-16,21-22,27-28H,5,11-14,17-20H2,1-4H3/t22-,27+,28+,32-/m0/s1. The molecule has 2 fully saturated rings. The molecule has 0 unspecified atom stereocenters. The minimum atomic E-state index is -4.45. The molecule has 5 rings (SSSR count). The number of carbonyl (C=O) groups excluding carboxylic acids is 2. The molecule has 2 aromatic rings. The zero-order valence-corrected chi connectivity index (χ0v) is 24.9. The molecule has 228 valence electrons. The molecule has 1 saturated heterocycles. The molecule has 2 aromatic carbocycles. The van der Waals surface area contributed by atoms with Crippen LogP contribution >= 0.6 is 0 Å². The van der Waals surface area contributed by atoms with Crippen LogP contribution in [0.15, 0.2) is 42.5 Å². The Balaban J connectivity index is 1.26. The number of likely N-dealkylation sites (tertiary alicyclic amines) is 1. The molecule has 6 nitrogen and oxygen atoms in total. The second-order valence-corrected chi connectivity index (χ2v) is 12.5. The fourth-order valence-electron chi connectivity index (χ4n) is 7.31. The van der Waals surface area contributed by atoms with E-state index in [2.05, 4.69) is 31.7 Å². The lowest BCUT2D eigenvalue weighted by molar-refractivity contribution is -0.150. The second-order valence-electron chi connectivity index (χ2n) is 12.5. The molecule has 2 aliphatic heterocycles. The quantitative estimate of drug-likeness (QED) is 0.346. The number of carbonyl (C=O) groups is 2. The number of piperidine rings is 1. The highest BCUT2D eigenvalue weighted by Gasteiger charge is 2.51. The number of fused-ring (bicyclic) bond motifs is 1. The molecule has 0 spiro atoms. The average molecular weight is 587 g/mol. The van der Waals surface area contributed by atoms with Gasteiger partial charge in [0.05, 0.1) is 29.7 Å². The van der Waals surface area contributed by atoms with Gasteiger partial charge >= 0.3 is 12.1 Å². The molecular formula is C33H41F3N2O4. The van der Waals surface area contributed by atoms with Gasteiger partial charge in [0, 0.05) is 18.2 Å². The largest absolute Gasteiger partial charge is 0.473 e. The number of hydrogen-bond acceptors (Lipinski definition) is 5. The molecule has 1 aliphatic carbocycles. The van der Waals surface area contributed by atoms with Crippen molar-refractivity contribution in [3.8, 4) is 5.75 Å². The second kappa shape index (κ2) is 11.9. The van der Waals surface area contributed by atoms with E-state index in [0.717, 1.165) is 56.5 Å². The van der Waals surface area contributed by atoms with E-state index in [0.29, 0.717) is 35.3 Å². The summed E-state index contributed by atoms with van der Waals surface area (Å²) in [5, 5.41) is 0. The Hall–Kier alpha value is -3.07. The van der Waals surface area contributed by atoms with Crippen molar-refractivity contribution in [2.75, 3.05) is 26.4 Å². The number of benzene rings is 2. The van der Waals surface area contributed by atoms with E-state index in [9.17, 15) is 22.8 Å². The minimum absolute atomic E-state index is 0.0261. The lowest BCUT2D eigenvalue weighted by Gasteiger charge is -2.42. The fraction of sp³-hybridized carbons (Fsp3) is 0.576. The van der Waals surface area contributed by atoms with Gasteiger partial charge in [-0.3, -0.25) is 4.79 Å². The Morgan fingerprint density at radius 2 is 1.93 bits per heavy atom.